The van der Waals surface area contributed by atoms with Crippen molar-refractivity contribution in [1.82, 2.24) is 9.97 Å². The van der Waals surface area contributed by atoms with Gasteiger partial charge in [0.25, 0.3) is 0 Å². The lowest BCUT2D eigenvalue weighted by Crippen LogP contribution is -2.08. The number of fused-ring (bicyclic) bond motifs is 1. The maximum Gasteiger partial charge on any atom is 0.229 e. The van der Waals surface area contributed by atoms with Crippen LogP contribution >= 0.6 is 12.4 Å². The van der Waals surface area contributed by atoms with E-state index in [0.29, 0.717) is 30.3 Å². The van der Waals surface area contributed by atoms with E-state index < -0.39 is 0 Å². The van der Waals surface area contributed by atoms with E-state index in [2.05, 4.69) is 20.6 Å². The van der Waals surface area contributed by atoms with Gasteiger partial charge in [-0.25, -0.2) is 4.98 Å². The van der Waals surface area contributed by atoms with Gasteiger partial charge in [-0.1, -0.05) is 24.3 Å². The number of nitrogens with one attached hydrogen (secondary N) is 2. The van der Waals surface area contributed by atoms with E-state index in [9.17, 15) is 4.79 Å². The van der Waals surface area contributed by atoms with Crippen molar-refractivity contribution in [3.8, 4) is 0 Å². The molecule has 0 spiro atoms. The quantitative estimate of drug-likeness (QED) is 0.432. The van der Waals surface area contributed by atoms with Gasteiger partial charge >= 0.3 is 0 Å². The van der Waals surface area contributed by atoms with Crippen molar-refractivity contribution in [2.24, 2.45) is 0 Å². The molecule has 0 saturated heterocycles. The zero-order valence-corrected chi connectivity index (χ0v) is 15.2. The molecule has 3 aromatic rings. The summed E-state index contributed by atoms with van der Waals surface area (Å²) in [5, 5.41) is 16.3. The third kappa shape index (κ3) is 4.68. The number of rotatable bonds is 7. The number of anilines is 3. The van der Waals surface area contributed by atoms with Crippen molar-refractivity contribution < 1.29 is 9.90 Å². The summed E-state index contributed by atoms with van der Waals surface area (Å²) in [4.78, 5) is 20.6. The molecule has 0 atom stereocenters. The molecule has 3 N–H and O–H groups in total. The van der Waals surface area contributed by atoms with Gasteiger partial charge in [0.2, 0.25) is 5.95 Å². The molecule has 0 aliphatic heterocycles. The summed E-state index contributed by atoms with van der Waals surface area (Å²) in [6.07, 6.45) is 0.641. The van der Waals surface area contributed by atoms with Crippen LogP contribution in [0.25, 0.3) is 10.9 Å². The molecule has 0 amide bonds. The molecule has 0 fully saturated rings. The predicted octanol–water partition coefficient (Wildman–Crippen LogP) is 3.79. The Kier molecular flexibility index (Phi) is 6.89. The summed E-state index contributed by atoms with van der Waals surface area (Å²) in [6, 6.07) is 15.0. The minimum atomic E-state index is 0. The van der Waals surface area contributed by atoms with Crippen LogP contribution in [-0.2, 0) is 0 Å². The first-order chi connectivity index (χ1) is 12.2. The van der Waals surface area contributed by atoms with Gasteiger partial charge in [0.05, 0.1) is 5.52 Å². The molecular formula is C19H21ClN4O2. The highest BCUT2D eigenvalue weighted by atomic mass is 35.5. The zero-order chi connectivity index (χ0) is 17.6. The van der Waals surface area contributed by atoms with Gasteiger partial charge < -0.3 is 15.7 Å². The van der Waals surface area contributed by atoms with E-state index in [1.54, 1.807) is 12.1 Å². The van der Waals surface area contributed by atoms with Gasteiger partial charge in [-0.2, -0.15) is 4.98 Å². The molecule has 6 nitrogen and oxygen atoms in total. The first-order valence-electron chi connectivity index (χ1n) is 8.17. The Morgan fingerprint density at radius 2 is 1.92 bits per heavy atom. The van der Waals surface area contributed by atoms with Crippen molar-refractivity contribution in [3.63, 3.8) is 0 Å². The van der Waals surface area contributed by atoms with Crippen LogP contribution in [0.4, 0.5) is 17.5 Å². The molecule has 1 aromatic heterocycles. The van der Waals surface area contributed by atoms with Gasteiger partial charge in [-0.15, -0.1) is 12.4 Å². The maximum atomic E-state index is 11.5. The summed E-state index contributed by atoms with van der Waals surface area (Å²) in [7, 11) is 0. The van der Waals surface area contributed by atoms with Crippen LogP contribution in [-0.4, -0.2) is 34.0 Å². The van der Waals surface area contributed by atoms with E-state index >= 15 is 0 Å². The van der Waals surface area contributed by atoms with Gasteiger partial charge in [0.1, 0.15) is 5.82 Å². The summed E-state index contributed by atoms with van der Waals surface area (Å²) in [5.41, 5.74) is 2.20. The molecule has 2 aromatic carbocycles. The average molecular weight is 373 g/mol. The van der Waals surface area contributed by atoms with E-state index in [-0.39, 0.29) is 24.8 Å². The first-order valence-corrected chi connectivity index (χ1v) is 8.17. The fourth-order valence-corrected chi connectivity index (χ4v) is 2.50. The molecule has 1 heterocycles. The van der Waals surface area contributed by atoms with Gasteiger partial charge in [-0.3, -0.25) is 4.79 Å². The van der Waals surface area contributed by atoms with Gasteiger partial charge in [0, 0.05) is 29.8 Å². The summed E-state index contributed by atoms with van der Waals surface area (Å²) in [6.45, 7) is 2.28. The normalized spacial score (nSPS) is 10.2. The smallest absolute Gasteiger partial charge is 0.229 e. The minimum absolute atomic E-state index is 0. The van der Waals surface area contributed by atoms with Gasteiger partial charge in [0.15, 0.2) is 5.78 Å². The molecule has 0 aliphatic carbocycles. The SMILES string of the molecule is CC(=O)c1cccc(Nc2nc(NCCCO)c3ccccc3n2)c1.Cl. The second kappa shape index (κ2) is 9.12. The van der Waals surface area contributed by atoms with Crippen LogP contribution in [0, 0.1) is 0 Å². The standard InChI is InChI=1S/C19H20N4O2.ClH/c1-13(25)14-6-4-7-15(12-14)21-19-22-17-9-3-2-8-16(17)18(23-19)20-10-5-11-24;/h2-4,6-9,12,24H,5,10-11H2,1H3,(H2,20,21,22,23);1H. The zero-order valence-electron chi connectivity index (χ0n) is 14.4. The number of Topliss-reactive ketones (excluding diaryl/α,β-unsaturated/α-hetero) is 1. The summed E-state index contributed by atoms with van der Waals surface area (Å²) < 4.78 is 0. The van der Waals surface area contributed by atoms with Crippen LogP contribution in [0.3, 0.4) is 0 Å². The van der Waals surface area contributed by atoms with Crippen molar-refractivity contribution in [2.45, 2.75) is 13.3 Å². The number of halogens is 1. The molecular weight excluding hydrogens is 352 g/mol. The molecule has 26 heavy (non-hydrogen) atoms. The van der Waals surface area contributed by atoms with E-state index in [4.69, 9.17) is 5.11 Å². The number of aliphatic hydroxyl groups excluding tert-OH is 1. The molecule has 3 rings (SSSR count). The fraction of sp³-hybridized carbons (Fsp3) is 0.211. The molecule has 0 bridgehead atoms. The lowest BCUT2D eigenvalue weighted by Gasteiger charge is -2.12. The van der Waals surface area contributed by atoms with Crippen molar-refractivity contribution in [1.29, 1.82) is 0 Å². The number of carbonyl (C=O) groups is 1. The van der Waals surface area contributed by atoms with E-state index in [1.807, 2.05) is 36.4 Å². The van der Waals surface area contributed by atoms with Crippen molar-refractivity contribution >= 4 is 46.5 Å². The Hall–Kier alpha value is -2.70. The Morgan fingerprint density at radius 1 is 1.12 bits per heavy atom. The lowest BCUT2D eigenvalue weighted by molar-refractivity contribution is 0.101. The minimum Gasteiger partial charge on any atom is -0.396 e. The number of para-hydroxylation sites is 1. The largest absolute Gasteiger partial charge is 0.396 e. The second-order valence-electron chi connectivity index (χ2n) is 5.68. The van der Waals surface area contributed by atoms with E-state index in [1.165, 1.54) is 6.92 Å². The summed E-state index contributed by atoms with van der Waals surface area (Å²) >= 11 is 0. The highest BCUT2D eigenvalue weighted by molar-refractivity contribution is 5.95. The Morgan fingerprint density at radius 3 is 2.69 bits per heavy atom. The number of benzene rings is 2. The third-order valence-corrected chi connectivity index (χ3v) is 3.76. The molecule has 0 radical (unpaired) electrons. The highest BCUT2D eigenvalue weighted by Crippen LogP contribution is 2.24. The summed E-state index contributed by atoms with van der Waals surface area (Å²) in [5.74, 6) is 1.17. The predicted molar refractivity (Wildman–Crippen MR) is 107 cm³/mol. The number of carbonyl (C=O) groups excluding carboxylic acids is 1. The number of ketones is 1. The number of hydrogen-bond donors (Lipinski definition) is 3. The molecule has 0 aliphatic rings. The van der Waals surface area contributed by atoms with Crippen LogP contribution in [0.5, 0.6) is 0 Å². The molecule has 0 saturated carbocycles. The monoisotopic (exact) mass is 372 g/mol. The number of nitrogens with zero attached hydrogens (tertiary/aromatic N) is 2. The first kappa shape index (κ1) is 19.6. The lowest BCUT2D eigenvalue weighted by atomic mass is 10.1. The molecule has 0 unspecified atom stereocenters. The topological polar surface area (TPSA) is 87.1 Å². The Bertz CT molecular complexity index is 902. The highest BCUT2D eigenvalue weighted by Gasteiger charge is 2.08. The molecule has 7 heteroatoms. The Balaban J connectivity index is 0.00000243. The Labute approximate surface area is 158 Å². The van der Waals surface area contributed by atoms with Crippen LogP contribution < -0.4 is 10.6 Å². The number of hydrogen-bond acceptors (Lipinski definition) is 6. The fourth-order valence-electron chi connectivity index (χ4n) is 2.50. The number of aromatic nitrogens is 2. The van der Waals surface area contributed by atoms with Crippen molar-refractivity contribution in [2.75, 3.05) is 23.8 Å². The number of aliphatic hydroxyl groups is 1. The average Bonchev–Trinajstić information content (AvgIpc) is 2.62. The van der Waals surface area contributed by atoms with E-state index in [0.717, 1.165) is 16.6 Å². The maximum absolute atomic E-state index is 11.5. The van der Waals surface area contributed by atoms with Crippen LogP contribution in [0.2, 0.25) is 0 Å². The van der Waals surface area contributed by atoms with Gasteiger partial charge in [-0.05, 0) is 37.6 Å². The third-order valence-electron chi connectivity index (χ3n) is 3.76. The molecule has 136 valence electrons. The second-order valence-corrected chi connectivity index (χ2v) is 5.68. The van der Waals surface area contributed by atoms with Crippen LogP contribution in [0.15, 0.2) is 48.5 Å². The van der Waals surface area contributed by atoms with Crippen molar-refractivity contribution in [3.05, 3.63) is 54.1 Å². The van der Waals surface area contributed by atoms with Crippen LogP contribution in [0.1, 0.15) is 23.7 Å².